The maximum Gasteiger partial charge on any atom is 0.225 e. The summed E-state index contributed by atoms with van der Waals surface area (Å²) in [6, 6.07) is 0. The minimum atomic E-state index is -0.341. The molecule has 0 saturated carbocycles. The molecule has 0 aliphatic rings. The van der Waals surface area contributed by atoms with Crippen molar-refractivity contribution in [2.45, 2.75) is 34.1 Å². The molecule has 0 aliphatic carbocycles. The highest BCUT2D eigenvalue weighted by atomic mass is 16.5. The van der Waals surface area contributed by atoms with E-state index < -0.39 is 0 Å². The average molecular weight is 285 g/mol. The molecular formula is C15H27NO4. The zero-order valence-corrected chi connectivity index (χ0v) is 13.1. The van der Waals surface area contributed by atoms with Crippen molar-refractivity contribution in [1.82, 2.24) is 5.32 Å². The van der Waals surface area contributed by atoms with Crippen molar-refractivity contribution >= 4 is 11.7 Å². The van der Waals surface area contributed by atoms with Crippen LogP contribution in [0.4, 0.5) is 0 Å². The van der Waals surface area contributed by atoms with Crippen molar-refractivity contribution in [1.29, 1.82) is 0 Å². The van der Waals surface area contributed by atoms with E-state index in [0.717, 1.165) is 6.42 Å². The molecule has 5 nitrogen and oxygen atoms in total. The Kier molecular flexibility index (Phi) is 9.08. The number of nitrogens with one attached hydrogen (secondary N) is 1. The molecule has 0 aromatic carbocycles. The molecule has 0 aliphatic heterocycles. The zero-order valence-electron chi connectivity index (χ0n) is 13.1. The third-order valence-electron chi connectivity index (χ3n) is 3.11. The second-order valence-electron chi connectivity index (χ2n) is 5.36. The van der Waals surface area contributed by atoms with Gasteiger partial charge in [0.25, 0.3) is 0 Å². The molecule has 20 heavy (non-hydrogen) atoms. The van der Waals surface area contributed by atoms with Gasteiger partial charge in [0.2, 0.25) is 5.91 Å². The van der Waals surface area contributed by atoms with E-state index in [2.05, 4.69) is 11.9 Å². The van der Waals surface area contributed by atoms with Crippen LogP contribution in [0.15, 0.2) is 12.2 Å². The van der Waals surface area contributed by atoms with Crippen molar-refractivity contribution in [3.05, 3.63) is 12.2 Å². The van der Waals surface area contributed by atoms with E-state index in [-0.39, 0.29) is 23.7 Å². The lowest BCUT2D eigenvalue weighted by Gasteiger charge is -2.21. The van der Waals surface area contributed by atoms with Gasteiger partial charge >= 0.3 is 0 Å². The van der Waals surface area contributed by atoms with Crippen LogP contribution >= 0.6 is 0 Å². The summed E-state index contributed by atoms with van der Waals surface area (Å²) in [5, 5.41) is 2.83. The molecule has 5 heteroatoms. The summed E-state index contributed by atoms with van der Waals surface area (Å²) in [5.74, 6) is -0.0639. The summed E-state index contributed by atoms with van der Waals surface area (Å²) in [6.45, 7) is 12.7. The van der Waals surface area contributed by atoms with E-state index in [4.69, 9.17) is 9.47 Å². The van der Waals surface area contributed by atoms with Crippen molar-refractivity contribution < 1.29 is 19.1 Å². The van der Waals surface area contributed by atoms with Gasteiger partial charge in [-0.1, -0.05) is 27.4 Å². The fraction of sp³-hybridized carbons (Fsp3) is 0.733. The normalized spacial score (nSPS) is 11.2. The molecule has 116 valence electrons. The van der Waals surface area contributed by atoms with Crippen LogP contribution in [0.5, 0.6) is 0 Å². The standard InChI is InChI=1S/C15H27NO4/c1-6-15(4,5)14(18)16-7-8-19-9-10-20-11-13(17)12(2)3/h2,6-11H2,1,3-5H3,(H,16,18). The zero-order chi connectivity index (χ0) is 15.6. The second-order valence-corrected chi connectivity index (χ2v) is 5.36. The molecular weight excluding hydrogens is 258 g/mol. The van der Waals surface area contributed by atoms with E-state index in [1.807, 2.05) is 20.8 Å². The van der Waals surface area contributed by atoms with E-state index in [1.54, 1.807) is 6.92 Å². The highest BCUT2D eigenvalue weighted by Crippen LogP contribution is 2.18. The molecule has 0 aromatic rings. The molecule has 1 amide bonds. The van der Waals surface area contributed by atoms with Gasteiger partial charge in [-0.25, -0.2) is 0 Å². The number of hydrogen-bond acceptors (Lipinski definition) is 4. The van der Waals surface area contributed by atoms with Crippen molar-refractivity contribution in [2.24, 2.45) is 5.41 Å². The number of rotatable bonds is 11. The highest BCUT2D eigenvalue weighted by Gasteiger charge is 2.24. The Bertz CT molecular complexity index is 337. The van der Waals surface area contributed by atoms with Crippen LogP contribution in [-0.2, 0) is 19.1 Å². The van der Waals surface area contributed by atoms with E-state index >= 15 is 0 Å². The first-order valence-electron chi connectivity index (χ1n) is 6.93. The Morgan fingerprint density at radius 3 is 2.30 bits per heavy atom. The molecule has 0 aromatic heterocycles. The van der Waals surface area contributed by atoms with Gasteiger partial charge in [0.1, 0.15) is 6.61 Å². The number of amides is 1. The van der Waals surface area contributed by atoms with Crippen molar-refractivity contribution in [3.8, 4) is 0 Å². The van der Waals surface area contributed by atoms with E-state index in [1.165, 1.54) is 0 Å². The first-order valence-corrected chi connectivity index (χ1v) is 6.93. The van der Waals surface area contributed by atoms with Gasteiger partial charge < -0.3 is 14.8 Å². The van der Waals surface area contributed by atoms with Crippen LogP contribution < -0.4 is 5.32 Å². The Labute approximate surface area is 121 Å². The van der Waals surface area contributed by atoms with Gasteiger partial charge in [-0.3, -0.25) is 9.59 Å². The minimum absolute atomic E-state index is 0.0342. The molecule has 1 N–H and O–H groups in total. The summed E-state index contributed by atoms with van der Waals surface area (Å²) in [6.07, 6.45) is 0.796. The number of carbonyl (C=O) groups is 2. The predicted molar refractivity (Wildman–Crippen MR) is 78.5 cm³/mol. The fourth-order valence-electron chi connectivity index (χ4n) is 1.14. The van der Waals surface area contributed by atoms with Gasteiger partial charge in [-0.05, 0) is 18.9 Å². The Hall–Kier alpha value is -1.20. The third kappa shape index (κ3) is 8.07. The molecule has 0 atom stereocenters. The Morgan fingerprint density at radius 1 is 1.15 bits per heavy atom. The Balaban J connectivity index is 3.48. The summed E-state index contributed by atoms with van der Waals surface area (Å²) in [4.78, 5) is 22.9. The minimum Gasteiger partial charge on any atom is -0.377 e. The maximum atomic E-state index is 11.7. The van der Waals surface area contributed by atoms with Gasteiger partial charge in [0.05, 0.1) is 19.8 Å². The average Bonchev–Trinajstić information content (AvgIpc) is 2.40. The molecule has 0 bridgehead atoms. The largest absolute Gasteiger partial charge is 0.377 e. The summed E-state index contributed by atoms with van der Waals surface area (Å²) in [5.41, 5.74) is 0.152. The number of carbonyl (C=O) groups excluding carboxylic acids is 2. The van der Waals surface area contributed by atoms with Crippen LogP contribution in [0.1, 0.15) is 34.1 Å². The summed E-state index contributed by atoms with van der Waals surface area (Å²) >= 11 is 0. The molecule has 0 heterocycles. The molecule has 0 spiro atoms. The molecule has 0 unspecified atom stereocenters. The summed E-state index contributed by atoms with van der Waals surface area (Å²) < 4.78 is 10.4. The van der Waals surface area contributed by atoms with Crippen LogP contribution in [0.2, 0.25) is 0 Å². The van der Waals surface area contributed by atoms with Gasteiger partial charge in [0, 0.05) is 12.0 Å². The number of hydrogen-bond donors (Lipinski definition) is 1. The lowest BCUT2D eigenvalue weighted by Crippen LogP contribution is -2.38. The Morgan fingerprint density at radius 2 is 1.75 bits per heavy atom. The lowest BCUT2D eigenvalue weighted by molar-refractivity contribution is -0.129. The first kappa shape index (κ1) is 18.8. The highest BCUT2D eigenvalue weighted by molar-refractivity contribution is 5.95. The third-order valence-corrected chi connectivity index (χ3v) is 3.11. The van der Waals surface area contributed by atoms with Gasteiger partial charge in [-0.15, -0.1) is 0 Å². The second kappa shape index (κ2) is 9.66. The van der Waals surface area contributed by atoms with Crippen LogP contribution in [0, 0.1) is 5.41 Å². The fourth-order valence-corrected chi connectivity index (χ4v) is 1.14. The number of ketones is 1. The monoisotopic (exact) mass is 285 g/mol. The van der Waals surface area contributed by atoms with E-state index in [0.29, 0.717) is 31.9 Å². The maximum absolute atomic E-state index is 11.7. The topological polar surface area (TPSA) is 64.6 Å². The number of ether oxygens (including phenoxy) is 2. The van der Waals surface area contributed by atoms with Crippen molar-refractivity contribution in [2.75, 3.05) is 33.0 Å². The van der Waals surface area contributed by atoms with E-state index in [9.17, 15) is 9.59 Å². The predicted octanol–water partition coefficient (Wildman–Crippen LogP) is 1.72. The van der Waals surface area contributed by atoms with Gasteiger partial charge in [-0.2, -0.15) is 0 Å². The SMILES string of the molecule is C=C(C)C(=O)COCCOCCNC(=O)C(C)(C)CC. The smallest absolute Gasteiger partial charge is 0.225 e. The quantitative estimate of drug-likeness (QED) is 0.464. The van der Waals surface area contributed by atoms with Gasteiger partial charge in [0.15, 0.2) is 5.78 Å². The first-order chi connectivity index (χ1) is 9.31. The van der Waals surface area contributed by atoms with Crippen LogP contribution in [-0.4, -0.2) is 44.7 Å². The lowest BCUT2D eigenvalue weighted by atomic mass is 9.89. The van der Waals surface area contributed by atoms with Crippen LogP contribution in [0.25, 0.3) is 0 Å². The molecule has 0 rings (SSSR count). The molecule has 0 radical (unpaired) electrons. The number of Topliss-reactive ketones (excluding diaryl/α,β-unsaturated/α-hetero) is 1. The van der Waals surface area contributed by atoms with Crippen LogP contribution in [0.3, 0.4) is 0 Å². The molecule has 0 fully saturated rings. The summed E-state index contributed by atoms with van der Waals surface area (Å²) in [7, 11) is 0. The van der Waals surface area contributed by atoms with Crippen molar-refractivity contribution in [3.63, 3.8) is 0 Å². The molecule has 0 saturated heterocycles.